The molecule has 148 valence electrons. The molecule has 8 nitrogen and oxygen atoms in total. The van der Waals surface area contributed by atoms with Gasteiger partial charge in [0.15, 0.2) is 11.5 Å². The van der Waals surface area contributed by atoms with Crippen molar-refractivity contribution in [1.82, 2.24) is 14.9 Å². The van der Waals surface area contributed by atoms with E-state index < -0.39 is 0 Å². The summed E-state index contributed by atoms with van der Waals surface area (Å²) in [4.78, 5) is 12.4. The summed E-state index contributed by atoms with van der Waals surface area (Å²) in [5.41, 5.74) is 2.70. The number of nitrogens with one attached hydrogen (secondary N) is 1. The number of amides is 1. The fourth-order valence-electron chi connectivity index (χ4n) is 3.11. The third-order valence-corrected chi connectivity index (χ3v) is 4.57. The van der Waals surface area contributed by atoms with Gasteiger partial charge in [-0.25, -0.2) is 4.68 Å². The first kappa shape index (κ1) is 19.5. The number of benzene rings is 1. The molecule has 8 heteroatoms. The largest absolute Gasteiger partial charge is 0.493 e. The highest BCUT2D eigenvalue weighted by Crippen LogP contribution is 2.31. The Morgan fingerprint density at radius 2 is 2.04 bits per heavy atom. The van der Waals surface area contributed by atoms with Gasteiger partial charge in [0.1, 0.15) is 11.6 Å². The standard InChI is InChI=1S/C20H24N4O4/c1-13-16(14(2)28-23-13)8-9-19(25)22-18-10-11-21-24(18)12-15-6-5-7-17(26-3)20(15)27-4/h5-7,10-11H,8-9,12H2,1-4H3,(H,22,25). The molecule has 2 aromatic heterocycles. The number of para-hydroxylation sites is 1. The lowest BCUT2D eigenvalue weighted by atomic mass is 10.1. The molecule has 1 amide bonds. The normalized spacial score (nSPS) is 10.7. The maximum atomic E-state index is 12.4. The molecular weight excluding hydrogens is 360 g/mol. The minimum Gasteiger partial charge on any atom is -0.493 e. The zero-order chi connectivity index (χ0) is 20.1. The lowest BCUT2D eigenvalue weighted by Gasteiger charge is -2.14. The third-order valence-electron chi connectivity index (χ3n) is 4.57. The van der Waals surface area contributed by atoms with E-state index >= 15 is 0 Å². The second-order valence-electron chi connectivity index (χ2n) is 6.38. The molecule has 0 aliphatic rings. The second-order valence-corrected chi connectivity index (χ2v) is 6.38. The van der Waals surface area contributed by atoms with E-state index in [1.807, 2.05) is 32.0 Å². The van der Waals surface area contributed by atoms with Crippen molar-refractivity contribution >= 4 is 11.7 Å². The van der Waals surface area contributed by atoms with Gasteiger partial charge < -0.3 is 19.3 Å². The van der Waals surface area contributed by atoms with Gasteiger partial charge in [-0.3, -0.25) is 4.79 Å². The molecule has 0 radical (unpaired) electrons. The minimum absolute atomic E-state index is 0.0978. The number of ether oxygens (including phenoxy) is 2. The Hall–Kier alpha value is -3.29. The molecule has 0 atom stereocenters. The molecule has 3 rings (SSSR count). The zero-order valence-corrected chi connectivity index (χ0v) is 16.5. The predicted octanol–water partition coefficient (Wildman–Crippen LogP) is 3.12. The van der Waals surface area contributed by atoms with Crippen LogP contribution in [0.1, 0.15) is 29.0 Å². The molecule has 2 heterocycles. The quantitative estimate of drug-likeness (QED) is 0.642. The lowest BCUT2D eigenvalue weighted by Crippen LogP contribution is -2.17. The van der Waals surface area contributed by atoms with E-state index in [2.05, 4.69) is 15.6 Å². The predicted molar refractivity (Wildman–Crippen MR) is 104 cm³/mol. The molecule has 0 spiro atoms. The lowest BCUT2D eigenvalue weighted by molar-refractivity contribution is -0.116. The fourth-order valence-corrected chi connectivity index (χ4v) is 3.11. The first-order valence-corrected chi connectivity index (χ1v) is 8.96. The van der Waals surface area contributed by atoms with E-state index in [9.17, 15) is 4.79 Å². The summed E-state index contributed by atoms with van der Waals surface area (Å²) in [6.07, 6.45) is 2.55. The average Bonchev–Trinajstić information content (AvgIpc) is 3.25. The van der Waals surface area contributed by atoms with Crippen LogP contribution in [0.2, 0.25) is 0 Å². The first-order chi connectivity index (χ1) is 13.5. The second kappa shape index (κ2) is 8.60. The fraction of sp³-hybridized carbons (Fsp3) is 0.350. The summed E-state index contributed by atoms with van der Waals surface area (Å²) in [6.45, 7) is 4.16. The van der Waals surface area contributed by atoms with E-state index in [1.165, 1.54) is 0 Å². The molecule has 1 aromatic carbocycles. The van der Waals surface area contributed by atoms with Gasteiger partial charge in [-0.1, -0.05) is 17.3 Å². The van der Waals surface area contributed by atoms with Gasteiger partial charge in [-0.2, -0.15) is 5.10 Å². The Kier molecular flexibility index (Phi) is 5.98. The molecule has 3 aromatic rings. The number of hydrogen-bond acceptors (Lipinski definition) is 6. The number of anilines is 1. The van der Waals surface area contributed by atoms with Crippen molar-refractivity contribution in [1.29, 1.82) is 0 Å². The SMILES string of the molecule is COc1cccc(Cn2nccc2NC(=O)CCc2c(C)noc2C)c1OC. The van der Waals surface area contributed by atoms with Gasteiger partial charge in [-0.05, 0) is 26.3 Å². The summed E-state index contributed by atoms with van der Waals surface area (Å²) in [5, 5.41) is 11.1. The minimum atomic E-state index is -0.0978. The molecule has 1 N–H and O–H groups in total. The Balaban J connectivity index is 1.68. The highest BCUT2D eigenvalue weighted by Gasteiger charge is 2.15. The Labute approximate surface area is 163 Å². The van der Waals surface area contributed by atoms with Crippen molar-refractivity contribution in [2.45, 2.75) is 33.2 Å². The van der Waals surface area contributed by atoms with Crippen molar-refractivity contribution in [3.05, 3.63) is 53.0 Å². The summed E-state index contributed by atoms with van der Waals surface area (Å²) in [7, 11) is 3.20. The Morgan fingerprint density at radius 1 is 1.21 bits per heavy atom. The smallest absolute Gasteiger partial charge is 0.225 e. The molecule has 0 saturated heterocycles. The molecule has 0 aliphatic carbocycles. The van der Waals surface area contributed by atoms with Crippen LogP contribution in [0.25, 0.3) is 0 Å². The Morgan fingerprint density at radius 3 is 2.71 bits per heavy atom. The van der Waals surface area contributed by atoms with Crippen molar-refractivity contribution in [3.63, 3.8) is 0 Å². The number of aryl methyl sites for hydroxylation is 2. The van der Waals surface area contributed by atoms with Crippen LogP contribution in [-0.2, 0) is 17.8 Å². The van der Waals surface area contributed by atoms with Crippen LogP contribution in [0.15, 0.2) is 35.0 Å². The molecule has 0 bridgehead atoms. The molecule has 28 heavy (non-hydrogen) atoms. The third kappa shape index (κ3) is 4.16. The topological polar surface area (TPSA) is 91.4 Å². The molecular formula is C20H24N4O4. The van der Waals surface area contributed by atoms with Gasteiger partial charge in [-0.15, -0.1) is 0 Å². The number of hydrogen-bond donors (Lipinski definition) is 1. The van der Waals surface area contributed by atoms with Crippen LogP contribution >= 0.6 is 0 Å². The molecule has 0 unspecified atom stereocenters. The summed E-state index contributed by atoms with van der Waals surface area (Å²) in [6, 6.07) is 7.43. The highest BCUT2D eigenvalue weighted by atomic mass is 16.5. The zero-order valence-electron chi connectivity index (χ0n) is 16.5. The summed E-state index contributed by atoms with van der Waals surface area (Å²) >= 11 is 0. The number of carbonyl (C=O) groups excluding carboxylic acids is 1. The van der Waals surface area contributed by atoms with Gasteiger partial charge in [0.05, 0.1) is 32.7 Å². The summed E-state index contributed by atoms with van der Waals surface area (Å²) < 4.78 is 17.7. The van der Waals surface area contributed by atoms with Crippen LogP contribution in [0, 0.1) is 13.8 Å². The van der Waals surface area contributed by atoms with Gasteiger partial charge in [0.2, 0.25) is 5.91 Å². The maximum Gasteiger partial charge on any atom is 0.225 e. The first-order valence-electron chi connectivity index (χ1n) is 8.96. The van der Waals surface area contributed by atoms with E-state index in [0.29, 0.717) is 36.7 Å². The molecule has 0 aliphatic heterocycles. The van der Waals surface area contributed by atoms with Gasteiger partial charge in [0.25, 0.3) is 0 Å². The number of aromatic nitrogens is 3. The van der Waals surface area contributed by atoms with Crippen LogP contribution in [0.4, 0.5) is 5.82 Å². The number of rotatable bonds is 8. The van der Waals surface area contributed by atoms with Crippen molar-refractivity contribution in [3.8, 4) is 11.5 Å². The highest BCUT2D eigenvalue weighted by molar-refractivity contribution is 5.90. The monoisotopic (exact) mass is 384 g/mol. The molecule has 0 saturated carbocycles. The average molecular weight is 384 g/mol. The molecule has 0 fully saturated rings. The number of carbonyl (C=O) groups is 1. The van der Waals surface area contributed by atoms with Crippen molar-refractivity contribution < 1.29 is 18.8 Å². The Bertz CT molecular complexity index is 942. The summed E-state index contributed by atoms with van der Waals surface area (Å²) in [5.74, 6) is 2.57. The van der Waals surface area contributed by atoms with Gasteiger partial charge >= 0.3 is 0 Å². The van der Waals surface area contributed by atoms with E-state index in [4.69, 9.17) is 14.0 Å². The number of nitrogens with zero attached hydrogens (tertiary/aromatic N) is 3. The van der Waals surface area contributed by atoms with Crippen LogP contribution in [0.3, 0.4) is 0 Å². The van der Waals surface area contributed by atoms with E-state index in [1.54, 1.807) is 31.2 Å². The van der Waals surface area contributed by atoms with Gasteiger partial charge in [0, 0.05) is 23.6 Å². The van der Waals surface area contributed by atoms with Crippen LogP contribution in [0.5, 0.6) is 11.5 Å². The maximum absolute atomic E-state index is 12.4. The van der Waals surface area contributed by atoms with Crippen molar-refractivity contribution in [2.75, 3.05) is 19.5 Å². The number of methoxy groups -OCH3 is 2. The van der Waals surface area contributed by atoms with Crippen LogP contribution in [-0.4, -0.2) is 35.1 Å². The van der Waals surface area contributed by atoms with E-state index in [-0.39, 0.29) is 5.91 Å². The van der Waals surface area contributed by atoms with Crippen molar-refractivity contribution in [2.24, 2.45) is 0 Å². The van der Waals surface area contributed by atoms with Crippen LogP contribution < -0.4 is 14.8 Å². The van der Waals surface area contributed by atoms with E-state index in [0.717, 1.165) is 22.6 Å².